The molecule has 0 radical (unpaired) electrons. The summed E-state index contributed by atoms with van der Waals surface area (Å²) < 4.78 is 12.1. The van der Waals surface area contributed by atoms with Crippen molar-refractivity contribution in [2.75, 3.05) is 13.2 Å². The molecule has 40 heavy (non-hydrogen) atoms. The summed E-state index contributed by atoms with van der Waals surface area (Å²) in [5.41, 5.74) is 0.361. The van der Waals surface area contributed by atoms with E-state index in [0.29, 0.717) is 30.3 Å². The van der Waals surface area contributed by atoms with Gasteiger partial charge >= 0.3 is 11.9 Å². The van der Waals surface area contributed by atoms with Gasteiger partial charge in [-0.25, -0.2) is 0 Å². The van der Waals surface area contributed by atoms with Crippen molar-refractivity contribution in [3.8, 4) is 0 Å². The predicted molar refractivity (Wildman–Crippen MR) is 168 cm³/mol. The Morgan fingerprint density at radius 1 is 0.750 bits per heavy atom. The summed E-state index contributed by atoms with van der Waals surface area (Å²) in [6, 6.07) is 0. The van der Waals surface area contributed by atoms with Gasteiger partial charge in [0.2, 0.25) is 0 Å². The molecule has 0 aliphatic rings. The first-order valence-electron chi connectivity index (χ1n) is 16.5. The maximum atomic E-state index is 12.2. The minimum Gasteiger partial charge on any atom is -0.481 e. The van der Waals surface area contributed by atoms with Crippen LogP contribution in [0, 0.1) is 40.4 Å². The van der Waals surface area contributed by atoms with E-state index in [1.807, 2.05) is 0 Å². The topological polar surface area (TPSA) is 72.8 Å². The average molecular weight is 569 g/mol. The summed E-state index contributed by atoms with van der Waals surface area (Å²) in [5.74, 6) is -0.160. The zero-order chi connectivity index (χ0) is 31.1. The van der Waals surface area contributed by atoms with Crippen molar-refractivity contribution in [2.45, 2.75) is 159 Å². The number of esters is 1. The van der Waals surface area contributed by atoms with E-state index in [1.54, 1.807) is 13.8 Å². The number of hydrogen-bond acceptors (Lipinski definition) is 4. The van der Waals surface area contributed by atoms with E-state index in [-0.39, 0.29) is 17.0 Å². The fraction of sp³-hybridized carbons (Fsp3) is 0.943. The Balaban J connectivity index is 4.45. The number of carbonyl (C=O) groups excluding carboxylic acids is 1. The van der Waals surface area contributed by atoms with Crippen LogP contribution in [0.1, 0.15) is 154 Å². The van der Waals surface area contributed by atoms with Gasteiger partial charge in [0.05, 0.1) is 24.0 Å². The predicted octanol–water partition coefficient (Wildman–Crippen LogP) is 9.95. The summed E-state index contributed by atoms with van der Waals surface area (Å²) in [7, 11) is 0. The van der Waals surface area contributed by atoms with E-state index in [1.165, 1.54) is 25.7 Å². The highest BCUT2D eigenvalue weighted by Gasteiger charge is 2.40. The van der Waals surface area contributed by atoms with Crippen LogP contribution in [-0.2, 0) is 19.1 Å². The van der Waals surface area contributed by atoms with Crippen molar-refractivity contribution in [1.82, 2.24) is 0 Å². The molecule has 0 amide bonds. The molecule has 0 spiro atoms. The van der Waals surface area contributed by atoms with Crippen molar-refractivity contribution >= 4 is 11.9 Å². The molecule has 0 aliphatic heterocycles. The summed E-state index contributed by atoms with van der Waals surface area (Å²) in [4.78, 5) is 23.2. The lowest BCUT2D eigenvalue weighted by molar-refractivity contribution is -0.150. The summed E-state index contributed by atoms with van der Waals surface area (Å²) in [6.45, 7) is 28.0. The quantitative estimate of drug-likeness (QED) is 0.124. The van der Waals surface area contributed by atoms with E-state index < -0.39 is 17.8 Å². The van der Waals surface area contributed by atoms with E-state index in [0.717, 1.165) is 51.0 Å². The second-order valence-corrected chi connectivity index (χ2v) is 14.7. The van der Waals surface area contributed by atoms with E-state index in [9.17, 15) is 9.59 Å². The van der Waals surface area contributed by atoms with Crippen molar-refractivity contribution in [2.24, 2.45) is 40.4 Å². The number of carboxylic acid groups (broad SMARTS) is 1. The summed E-state index contributed by atoms with van der Waals surface area (Å²) in [6.07, 6.45) is 11.7. The molecule has 0 heterocycles. The van der Waals surface area contributed by atoms with Crippen LogP contribution in [0.4, 0.5) is 0 Å². The third kappa shape index (κ3) is 14.2. The normalized spacial score (nSPS) is 17.9. The molecular weight excluding hydrogens is 500 g/mol. The number of carbonyl (C=O) groups is 2. The molecule has 1 N–H and O–H groups in total. The van der Waals surface area contributed by atoms with Gasteiger partial charge < -0.3 is 14.6 Å². The van der Waals surface area contributed by atoms with Crippen LogP contribution >= 0.6 is 0 Å². The van der Waals surface area contributed by atoms with Crippen molar-refractivity contribution in [3.63, 3.8) is 0 Å². The van der Waals surface area contributed by atoms with Gasteiger partial charge in [-0.05, 0) is 74.0 Å². The molecular formula is C35H68O5. The van der Waals surface area contributed by atoms with Crippen molar-refractivity contribution in [3.05, 3.63) is 0 Å². The molecule has 0 aromatic carbocycles. The van der Waals surface area contributed by atoms with Crippen LogP contribution in [0.2, 0.25) is 0 Å². The zero-order valence-electron chi connectivity index (χ0n) is 28.7. The Morgan fingerprint density at radius 2 is 1.27 bits per heavy atom. The maximum Gasteiger partial charge on any atom is 0.308 e. The van der Waals surface area contributed by atoms with Crippen LogP contribution < -0.4 is 0 Å². The Morgan fingerprint density at radius 3 is 1.77 bits per heavy atom. The second-order valence-electron chi connectivity index (χ2n) is 14.7. The third-order valence-corrected chi connectivity index (χ3v) is 10.5. The minimum absolute atomic E-state index is 0.0771. The van der Waals surface area contributed by atoms with Gasteiger partial charge in [-0.15, -0.1) is 0 Å². The van der Waals surface area contributed by atoms with Crippen LogP contribution in [0.5, 0.6) is 0 Å². The molecule has 5 heteroatoms. The van der Waals surface area contributed by atoms with Gasteiger partial charge in [-0.1, -0.05) is 108 Å². The lowest BCUT2D eigenvalue weighted by atomic mass is 9.70. The molecule has 0 saturated carbocycles. The zero-order valence-corrected chi connectivity index (χ0v) is 28.7. The highest BCUT2D eigenvalue weighted by molar-refractivity contribution is 5.74. The lowest BCUT2D eigenvalue weighted by Gasteiger charge is -2.44. The first-order chi connectivity index (χ1) is 18.4. The minimum atomic E-state index is -0.873. The monoisotopic (exact) mass is 569 g/mol. The maximum absolute atomic E-state index is 12.2. The fourth-order valence-electron chi connectivity index (χ4n) is 5.64. The average Bonchev–Trinajstić information content (AvgIpc) is 2.87. The van der Waals surface area contributed by atoms with E-state index in [4.69, 9.17) is 14.6 Å². The number of rotatable bonds is 23. The number of carboxylic acids is 1. The van der Waals surface area contributed by atoms with Crippen LogP contribution in [0.3, 0.4) is 0 Å². The Labute approximate surface area is 248 Å². The first-order valence-corrected chi connectivity index (χ1v) is 16.5. The lowest BCUT2D eigenvalue weighted by Crippen LogP contribution is -2.44. The number of ether oxygens (including phenoxy) is 2. The SMILES string of the molecule is CCC(C)C(C)(C)CCCC(C)CCOC(C)(CC)C(C)(C)CCCC(C)CCOC(=O)C(C)CC(C)C(=O)O. The smallest absolute Gasteiger partial charge is 0.308 e. The summed E-state index contributed by atoms with van der Waals surface area (Å²) in [5, 5.41) is 9.04. The summed E-state index contributed by atoms with van der Waals surface area (Å²) >= 11 is 0. The molecule has 0 saturated heterocycles. The van der Waals surface area contributed by atoms with Gasteiger partial charge in [0.15, 0.2) is 0 Å². The van der Waals surface area contributed by atoms with Crippen molar-refractivity contribution < 1.29 is 24.2 Å². The van der Waals surface area contributed by atoms with Crippen molar-refractivity contribution in [1.29, 1.82) is 0 Å². The second kappa shape index (κ2) is 18.4. The fourth-order valence-corrected chi connectivity index (χ4v) is 5.64. The molecule has 0 rings (SSSR count). The highest BCUT2D eigenvalue weighted by atomic mass is 16.5. The molecule has 0 fully saturated rings. The van der Waals surface area contributed by atoms with Gasteiger partial charge in [0, 0.05) is 6.61 Å². The molecule has 6 atom stereocenters. The molecule has 6 unspecified atom stereocenters. The van der Waals surface area contributed by atoms with Crippen LogP contribution in [0.25, 0.3) is 0 Å². The standard InChI is InChI=1S/C35H68O5/c1-13-30(7)33(8,9)21-15-17-27(4)20-24-40-35(12,14-2)34(10,11)22-16-18-26(3)19-23-39-32(38)29(6)25-28(5)31(36)37/h26-30H,13-25H2,1-12H3,(H,36,37). The number of hydrogen-bond donors (Lipinski definition) is 1. The van der Waals surface area contributed by atoms with E-state index in [2.05, 4.69) is 69.2 Å². The van der Waals surface area contributed by atoms with Gasteiger partial charge in [-0.3, -0.25) is 9.59 Å². The van der Waals surface area contributed by atoms with Gasteiger partial charge in [-0.2, -0.15) is 0 Å². The largest absolute Gasteiger partial charge is 0.481 e. The molecule has 238 valence electrons. The molecule has 0 aromatic heterocycles. The Bertz CT molecular complexity index is 715. The third-order valence-electron chi connectivity index (χ3n) is 10.5. The number of aliphatic carboxylic acids is 1. The van der Waals surface area contributed by atoms with E-state index >= 15 is 0 Å². The highest BCUT2D eigenvalue weighted by Crippen LogP contribution is 2.42. The van der Waals surface area contributed by atoms with Gasteiger partial charge in [0.25, 0.3) is 0 Å². The Hall–Kier alpha value is -1.10. The van der Waals surface area contributed by atoms with Gasteiger partial charge in [0.1, 0.15) is 0 Å². The Kier molecular flexibility index (Phi) is 17.9. The first kappa shape index (κ1) is 38.9. The molecule has 5 nitrogen and oxygen atoms in total. The van der Waals surface area contributed by atoms with Crippen LogP contribution in [-0.4, -0.2) is 35.9 Å². The molecule has 0 aromatic rings. The molecule has 0 aliphatic carbocycles. The van der Waals surface area contributed by atoms with Crippen LogP contribution in [0.15, 0.2) is 0 Å². The molecule has 0 bridgehead atoms.